The lowest BCUT2D eigenvalue weighted by molar-refractivity contribution is 0.442. The van der Waals surface area contributed by atoms with Crippen LogP contribution >= 0.6 is 23.1 Å². The Morgan fingerprint density at radius 1 is 1.10 bits per heavy atom. The molecule has 0 unspecified atom stereocenters. The van der Waals surface area contributed by atoms with Crippen molar-refractivity contribution in [1.29, 1.82) is 0 Å². The van der Waals surface area contributed by atoms with Gasteiger partial charge in [-0.3, -0.25) is 0 Å². The average molecular weight is 321 g/mol. The van der Waals surface area contributed by atoms with E-state index in [9.17, 15) is 0 Å². The summed E-state index contributed by atoms with van der Waals surface area (Å²) >= 11 is 3.31. The first kappa shape index (κ1) is 14.6. The number of nitrogens with two attached hydrogens (primary N) is 2. The van der Waals surface area contributed by atoms with E-state index in [0.717, 1.165) is 11.4 Å². The third-order valence-electron chi connectivity index (χ3n) is 3.62. The summed E-state index contributed by atoms with van der Waals surface area (Å²) in [5.74, 6) is 2.24. The number of anilines is 2. The van der Waals surface area contributed by atoms with E-state index in [-0.39, 0.29) is 0 Å². The van der Waals surface area contributed by atoms with Crippen LogP contribution in [0.25, 0.3) is 0 Å². The largest absolute Gasteiger partial charge is 0.383 e. The molecule has 21 heavy (non-hydrogen) atoms. The van der Waals surface area contributed by atoms with Crippen molar-refractivity contribution < 1.29 is 0 Å². The van der Waals surface area contributed by atoms with Crippen LogP contribution in [0.2, 0.25) is 0 Å². The average Bonchev–Trinajstić information content (AvgIpc) is 2.94. The summed E-state index contributed by atoms with van der Waals surface area (Å²) in [6.45, 7) is 0. The molecule has 0 saturated heterocycles. The van der Waals surface area contributed by atoms with E-state index >= 15 is 0 Å². The fourth-order valence-corrected chi connectivity index (χ4v) is 4.45. The fourth-order valence-electron chi connectivity index (χ4n) is 2.59. The van der Waals surface area contributed by atoms with E-state index in [1.54, 1.807) is 17.4 Å². The first-order chi connectivity index (χ1) is 10.2. The molecule has 2 aromatic rings. The lowest BCUT2D eigenvalue weighted by Gasteiger charge is -2.18. The molecule has 4 N–H and O–H groups in total. The second-order valence-electron chi connectivity index (χ2n) is 5.30. The van der Waals surface area contributed by atoms with E-state index in [2.05, 4.69) is 15.3 Å². The maximum absolute atomic E-state index is 5.67. The van der Waals surface area contributed by atoms with Crippen LogP contribution in [0.5, 0.6) is 0 Å². The second kappa shape index (κ2) is 6.62. The quantitative estimate of drug-likeness (QED) is 0.662. The molecule has 0 aromatic carbocycles. The van der Waals surface area contributed by atoms with Gasteiger partial charge in [0.05, 0.1) is 10.7 Å². The molecule has 112 valence electrons. The topological polar surface area (TPSA) is 90.7 Å². The molecule has 1 aliphatic carbocycles. The highest BCUT2D eigenvalue weighted by molar-refractivity contribution is 7.98. The Hall–Kier alpha value is -1.34. The molecule has 3 rings (SSSR count). The lowest BCUT2D eigenvalue weighted by atomic mass is 9.90. The number of thioether (sulfide) groups is 1. The Balaban J connectivity index is 1.61. The molecule has 2 heterocycles. The standard InChI is InChI=1S/C14H19N5S2/c15-11-6-12(16)19-14(18-11)21-8-10-7-20-13(17-10)9-4-2-1-3-5-9/h6-7,9H,1-5,8H2,(H4,15,16,18,19). The van der Waals surface area contributed by atoms with Gasteiger partial charge in [0.25, 0.3) is 0 Å². The van der Waals surface area contributed by atoms with Gasteiger partial charge in [0.1, 0.15) is 11.6 Å². The minimum Gasteiger partial charge on any atom is -0.383 e. The predicted octanol–water partition coefficient (Wildman–Crippen LogP) is 3.44. The number of hydrogen-bond donors (Lipinski definition) is 2. The summed E-state index contributed by atoms with van der Waals surface area (Å²) in [4.78, 5) is 13.1. The molecule has 1 aliphatic rings. The van der Waals surface area contributed by atoms with Gasteiger partial charge in [0.15, 0.2) is 5.16 Å². The third kappa shape index (κ3) is 3.85. The van der Waals surface area contributed by atoms with E-state index in [1.807, 2.05) is 0 Å². The van der Waals surface area contributed by atoms with Gasteiger partial charge in [0.2, 0.25) is 0 Å². The molecule has 0 atom stereocenters. The van der Waals surface area contributed by atoms with E-state index in [1.165, 1.54) is 48.9 Å². The zero-order chi connectivity index (χ0) is 14.7. The number of thiazole rings is 1. The zero-order valence-electron chi connectivity index (χ0n) is 11.8. The van der Waals surface area contributed by atoms with Crippen LogP contribution in [-0.2, 0) is 5.75 Å². The summed E-state index contributed by atoms with van der Waals surface area (Å²) in [7, 11) is 0. The monoisotopic (exact) mass is 321 g/mol. The van der Waals surface area contributed by atoms with Crippen molar-refractivity contribution in [3.63, 3.8) is 0 Å². The van der Waals surface area contributed by atoms with Crippen LogP contribution in [0.1, 0.15) is 48.7 Å². The molecule has 0 bridgehead atoms. The Morgan fingerprint density at radius 3 is 2.52 bits per heavy atom. The van der Waals surface area contributed by atoms with Crippen LogP contribution in [0, 0.1) is 0 Å². The van der Waals surface area contributed by atoms with Crippen LogP contribution < -0.4 is 11.5 Å². The predicted molar refractivity (Wildman–Crippen MR) is 88.4 cm³/mol. The Morgan fingerprint density at radius 2 is 1.81 bits per heavy atom. The van der Waals surface area contributed by atoms with Gasteiger partial charge in [-0.2, -0.15) is 0 Å². The third-order valence-corrected chi connectivity index (χ3v) is 5.56. The zero-order valence-corrected chi connectivity index (χ0v) is 13.4. The van der Waals surface area contributed by atoms with Crippen LogP contribution in [0.4, 0.5) is 11.6 Å². The van der Waals surface area contributed by atoms with Crippen molar-refractivity contribution in [2.45, 2.75) is 48.9 Å². The van der Waals surface area contributed by atoms with E-state index in [0.29, 0.717) is 22.7 Å². The number of aromatic nitrogens is 3. The number of hydrogen-bond acceptors (Lipinski definition) is 7. The summed E-state index contributed by atoms with van der Waals surface area (Å²) in [5, 5.41) is 4.05. The molecule has 2 aromatic heterocycles. The molecule has 1 saturated carbocycles. The summed E-state index contributed by atoms with van der Waals surface area (Å²) in [6, 6.07) is 1.56. The highest BCUT2D eigenvalue weighted by Crippen LogP contribution is 2.34. The van der Waals surface area contributed by atoms with Crippen molar-refractivity contribution in [2.75, 3.05) is 11.5 Å². The normalized spacial score (nSPS) is 16.2. The highest BCUT2D eigenvalue weighted by atomic mass is 32.2. The number of nitrogen functional groups attached to an aromatic ring is 2. The minimum atomic E-state index is 0.408. The van der Waals surface area contributed by atoms with Crippen molar-refractivity contribution in [3.05, 3.63) is 22.1 Å². The van der Waals surface area contributed by atoms with Gasteiger partial charge < -0.3 is 11.5 Å². The SMILES string of the molecule is Nc1cc(N)nc(SCc2csc(C3CCCCC3)n2)n1. The summed E-state index contributed by atoms with van der Waals surface area (Å²) in [6.07, 6.45) is 6.62. The molecular formula is C14H19N5S2. The van der Waals surface area contributed by atoms with Crippen molar-refractivity contribution >= 4 is 34.7 Å². The minimum absolute atomic E-state index is 0.408. The van der Waals surface area contributed by atoms with Crippen LogP contribution in [0.3, 0.4) is 0 Å². The van der Waals surface area contributed by atoms with Crippen molar-refractivity contribution in [2.24, 2.45) is 0 Å². The van der Waals surface area contributed by atoms with Crippen LogP contribution in [-0.4, -0.2) is 15.0 Å². The van der Waals surface area contributed by atoms with Gasteiger partial charge in [0, 0.05) is 23.1 Å². The van der Waals surface area contributed by atoms with Crippen LogP contribution in [0.15, 0.2) is 16.6 Å². The molecule has 0 spiro atoms. The molecule has 1 fully saturated rings. The second-order valence-corrected chi connectivity index (χ2v) is 7.13. The number of nitrogens with zero attached hydrogens (tertiary/aromatic N) is 3. The van der Waals surface area contributed by atoms with E-state index in [4.69, 9.17) is 16.5 Å². The lowest BCUT2D eigenvalue weighted by Crippen LogP contribution is -2.04. The van der Waals surface area contributed by atoms with E-state index < -0.39 is 0 Å². The maximum Gasteiger partial charge on any atom is 0.191 e. The number of rotatable bonds is 4. The smallest absolute Gasteiger partial charge is 0.191 e. The Bertz CT molecular complexity index is 587. The molecule has 0 radical (unpaired) electrons. The fraction of sp³-hybridized carbons (Fsp3) is 0.500. The first-order valence-electron chi connectivity index (χ1n) is 7.18. The van der Waals surface area contributed by atoms with Gasteiger partial charge in [-0.15, -0.1) is 11.3 Å². The van der Waals surface area contributed by atoms with Gasteiger partial charge in [-0.05, 0) is 12.8 Å². The summed E-state index contributed by atoms with van der Waals surface area (Å²) in [5.41, 5.74) is 12.4. The maximum atomic E-state index is 5.67. The van der Waals surface area contributed by atoms with Gasteiger partial charge in [-0.25, -0.2) is 15.0 Å². The Kier molecular flexibility index (Phi) is 4.60. The van der Waals surface area contributed by atoms with Crippen molar-refractivity contribution in [3.8, 4) is 0 Å². The highest BCUT2D eigenvalue weighted by Gasteiger charge is 2.18. The summed E-state index contributed by atoms with van der Waals surface area (Å²) < 4.78 is 0. The van der Waals surface area contributed by atoms with Gasteiger partial charge >= 0.3 is 0 Å². The molecule has 7 heteroatoms. The Labute approximate surface area is 132 Å². The first-order valence-corrected chi connectivity index (χ1v) is 9.04. The molecular weight excluding hydrogens is 302 g/mol. The molecule has 0 aliphatic heterocycles. The molecule has 5 nitrogen and oxygen atoms in total. The van der Waals surface area contributed by atoms with Gasteiger partial charge in [-0.1, -0.05) is 31.0 Å². The van der Waals surface area contributed by atoms with Crippen molar-refractivity contribution in [1.82, 2.24) is 15.0 Å². The molecule has 0 amide bonds.